The highest BCUT2D eigenvalue weighted by molar-refractivity contribution is 6.39. The number of ether oxygens (including phenoxy) is 7. The maximum Gasteiger partial charge on any atom is 0.329 e. The van der Waals surface area contributed by atoms with Crippen molar-refractivity contribution >= 4 is 29.2 Å². The van der Waals surface area contributed by atoms with Gasteiger partial charge in [0.25, 0.3) is 11.7 Å². The van der Waals surface area contributed by atoms with Crippen LogP contribution in [0, 0.1) is 35.5 Å². The third-order valence-electron chi connectivity index (χ3n) is 15.0. The summed E-state index contributed by atoms with van der Waals surface area (Å²) in [5.41, 5.74) is 1.56. The summed E-state index contributed by atoms with van der Waals surface area (Å²) in [5.74, 6) is -7.20. The van der Waals surface area contributed by atoms with E-state index in [0.29, 0.717) is 50.5 Å². The molecule has 3 fully saturated rings. The number of cyclic esters (lactones) is 1. The van der Waals surface area contributed by atoms with E-state index >= 15 is 0 Å². The molecule has 1 N–H and O–H groups in total. The Kier molecular flexibility index (Phi) is 22.3. The van der Waals surface area contributed by atoms with Crippen LogP contribution >= 0.6 is 0 Å². The molecule has 0 radical (unpaired) electrons. The van der Waals surface area contributed by atoms with Gasteiger partial charge in [0.15, 0.2) is 5.78 Å². The number of nitrogens with zero attached hydrogens (tertiary/aromatic N) is 1. The van der Waals surface area contributed by atoms with Gasteiger partial charge in [0.05, 0.1) is 24.4 Å². The fourth-order valence-electron chi connectivity index (χ4n) is 10.7. The van der Waals surface area contributed by atoms with Crippen molar-refractivity contribution in [3.8, 4) is 0 Å². The molecular weight excluding hydrogens is 859 g/mol. The summed E-state index contributed by atoms with van der Waals surface area (Å²) in [4.78, 5) is 72.5. The molecule has 4 aliphatic rings. The van der Waals surface area contributed by atoms with Crippen LogP contribution in [0.3, 0.4) is 0 Å². The number of allylic oxidation sites excluding steroid dienone is 6. The SMILES string of the molecule is COC1CC2CC[C@@H](C)C(O)(O2)C(=O)C(=O)N2CCCC[C@H]2C(=O)OC(C(C)CC2CCC(OC)C(OC)C2)CC(=O)C(C)/C=C(\C)C(OC)C(OC)C(=O)[C@H](C)CC(C)/C=C/C=C/C=C/1C. The first-order valence-electron chi connectivity index (χ1n) is 24.7. The van der Waals surface area contributed by atoms with Gasteiger partial charge < -0.3 is 43.2 Å². The van der Waals surface area contributed by atoms with Gasteiger partial charge in [0.2, 0.25) is 5.79 Å². The van der Waals surface area contributed by atoms with Gasteiger partial charge in [-0.2, -0.15) is 0 Å². The summed E-state index contributed by atoms with van der Waals surface area (Å²) < 4.78 is 41.5. The van der Waals surface area contributed by atoms with Gasteiger partial charge in [-0.25, -0.2) is 4.79 Å². The minimum Gasteiger partial charge on any atom is -0.460 e. The second-order valence-corrected chi connectivity index (χ2v) is 20.0. The summed E-state index contributed by atoms with van der Waals surface area (Å²) in [6, 6.07) is -1.11. The fraction of sp³-hybridized carbons (Fsp3) is 0.755. The highest BCUT2D eigenvalue weighted by atomic mass is 16.6. The molecular formula is C53H83NO13. The number of hydrogen-bond donors (Lipinski definition) is 1. The van der Waals surface area contributed by atoms with Crippen LogP contribution in [0.2, 0.25) is 0 Å². The van der Waals surface area contributed by atoms with Crippen LogP contribution in [0.15, 0.2) is 47.6 Å². The highest BCUT2D eigenvalue weighted by Gasteiger charge is 2.53. The Morgan fingerprint density at radius 2 is 1.48 bits per heavy atom. The van der Waals surface area contributed by atoms with Crippen molar-refractivity contribution < 1.29 is 62.2 Å². The molecule has 2 saturated heterocycles. The number of rotatable bonds is 8. The Bertz CT molecular complexity index is 1790. The Balaban J connectivity index is 1.72. The first kappa shape index (κ1) is 56.2. The minimum absolute atomic E-state index is 0.0234. The van der Waals surface area contributed by atoms with Crippen LogP contribution < -0.4 is 0 Å². The molecule has 0 aromatic rings. The molecule has 0 aromatic carbocycles. The lowest BCUT2D eigenvalue weighted by Crippen LogP contribution is -2.61. The number of fused-ring (bicyclic) bond motifs is 3. The number of aliphatic hydroxyl groups is 1. The molecule has 67 heavy (non-hydrogen) atoms. The number of ketones is 3. The van der Waals surface area contributed by atoms with Crippen molar-refractivity contribution in [1.29, 1.82) is 0 Å². The van der Waals surface area contributed by atoms with Gasteiger partial charge in [0, 0.05) is 72.7 Å². The van der Waals surface area contributed by atoms with Crippen molar-refractivity contribution in [2.45, 2.75) is 180 Å². The zero-order valence-corrected chi connectivity index (χ0v) is 42.5. The topological polar surface area (TPSA) is 173 Å². The van der Waals surface area contributed by atoms with E-state index in [9.17, 15) is 29.1 Å². The molecule has 1 amide bonds. The first-order valence-corrected chi connectivity index (χ1v) is 24.7. The van der Waals surface area contributed by atoms with Crippen LogP contribution in [-0.4, -0.2) is 136 Å². The lowest BCUT2D eigenvalue weighted by Gasteiger charge is -2.42. The van der Waals surface area contributed by atoms with Crippen LogP contribution in [0.4, 0.5) is 0 Å². The number of carbonyl (C=O) groups excluding carboxylic acids is 5. The lowest BCUT2D eigenvalue weighted by molar-refractivity contribution is -0.265. The second-order valence-electron chi connectivity index (χ2n) is 20.0. The van der Waals surface area contributed by atoms with Crippen molar-refractivity contribution in [3.63, 3.8) is 0 Å². The second kappa shape index (κ2) is 26.6. The van der Waals surface area contributed by atoms with Gasteiger partial charge in [-0.1, -0.05) is 71.1 Å². The monoisotopic (exact) mass is 942 g/mol. The Hall–Kier alpha value is -3.37. The molecule has 4 rings (SSSR count). The Morgan fingerprint density at radius 1 is 0.776 bits per heavy atom. The highest BCUT2D eigenvalue weighted by Crippen LogP contribution is 2.38. The van der Waals surface area contributed by atoms with Crippen LogP contribution in [0.5, 0.6) is 0 Å². The minimum atomic E-state index is -2.41. The number of piperidine rings is 1. The van der Waals surface area contributed by atoms with Gasteiger partial charge >= 0.3 is 5.97 Å². The van der Waals surface area contributed by atoms with E-state index in [1.54, 1.807) is 41.3 Å². The Morgan fingerprint density at radius 3 is 2.13 bits per heavy atom. The zero-order chi connectivity index (χ0) is 49.6. The van der Waals surface area contributed by atoms with Gasteiger partial charge in [0.1, 0.15) is 30.1 Å². The third-order valence-corrected chi connectivity index (χ3v) is 15.0. The average molecular weight is 942 g/mol. The quantitative estimate of drug-likeness (QED) is 0.144. The van der Waals surface area contributed by atoms with Crippen LogP contribution in [0.25, 0.3) is 0 Å². The summed E-state index contributed by atoms with van der Waals surface area (Å²) >= 11 is 0. The number of hydrogen-bond acceptors (Lipinski definition) is 13. The Labute approximate surface area is 400 Å². The molecule has 3 heterocycles. The molecule has 0 aromatic heterocycles. The first-order chi connectivity index (χ1) is 31.8. The largest absolute Gasteiger partial charge is 0.460 e. The van der Waals surface area contributed by atoms with Crippen LogP contribution in [-0.2, 0) is 57.1 Å². The predicted molar refractivity (Wildman–Crippen MR) is 255 cm³/mol. The summed E-state index contributed by atoms with van der Waals surface area (Å²) in [7, 11) is 7.96. The van der Waals surface area contributed by atoms with E-state index in [0.717, 1.165) is 24.8 Å². The number of amides is 1. The molecule has 0 spiro atoms. The van der Waals surface area contributed by atoms with Crippen molar-refractivity contribution in [2.24, 2.45) is 35.5 Å². The molecule has 2 bridgehead atoms. The molecule has 12 unspecified atom stereocenters. The normalized spacial score (nSPS) is 39.6. The summed E-state index contributed by atoms with van der Waals surface area (Å²) in [6.07, 6.45) is 14.1. The number of esters is 1. The standard InChI is InChI=1S/C53H83NO13/c1-32-18-14-13-15-19-33(2)44(62-9)30-40-23-21-38(7)53(60,67-40)50(57)51(58)54-25-17-16-20-41(54)52(59)66-45(35(4)28-39-22-24-43(61-8)46(29-39)63-10)31-42(55)34(3)27-37(6)48(64-11)49(65-12)47(56)36(5)26-32/h13-15,18-19,27,32,34-36,38-41,43-46,48-49,60H,16-17,20-26,28-31H2,1-12H3/b15-13+,18-14+,33-19+,37-27+/t32?,34?,35?,36-,38-,39?,40?,41+,43?,44?,45?,46?,48?,49?,53?/m1/s1. The third kappa shape index (κ3) is 14.8. The summed E-state index contributed by atoms with van der Waals surface area (Å²) in [5, 5.41) is 12.0. The van der Waals surface area contributed by atoms with E-state index in [2.05, 4.69) is 6.92 Å². The number of Topliss-reactive ketones (excluding diaryl/α,β-unsaturated/α-hetero) is 3. The zero-order valence-electron chi connectivity index (χ0n) is 42.5. The molecule has 3 aliphatic heterocycles. The molecule has 1 aliphatic carbocycles. The molecule has 1 saturated carbocycles. The van der Waals surface area contributed by atoms with Crippen LogP contribution in [0.1, 0.15) is 126 Å². The van der Waals surface area contributed by atoms with Gasteiger partial charge in [-0.15, -0.1) is 0 Å². The molecule has 14 heteroatoms. The molecule has 378 valence electrons. The van der Waals surface area contributed by atoms with Gasteiger partial charge in [-0.3, -0.25) is 19.2 Å². The van der Waals surface area contributed by atoms with Crippen molar-refractivity contribution in [1.82, 2.24) is 4.90 Å². The predicted octanol–water partition coefficient (Wildman–Crippen LogP) is 7.49. The number of methoxy groups -OCH3 is 5. The average Bonchev–Trinajstić information content (AvgIpc) is 3.31. The van der Waals surface area contributed by atoms with E-state index in [4.69, 9.17) is 33.2 Å². The van der Waals surface area contributed by atoms with E-state index in [1.165, 1.54) is 19.1 Å². The smallest absolute Gasteiger partial charge is 0.329 e. The van der Waals surface area contributed by atoms with Crippen molar-refractivity contribution in [2.75, 3.05) is 42.1 Å². The molecule has 14 nitrogen and oxygen atoms in total. The van der Waals surface area contributed by atoms with Gasteiger partial charge in [-0.05, 0) is 107 Å². The lowest BCUT2D eigenvalue weighted by atomic mass is 9.78. The maximum atomic E-state index is 14.5. The van der Waals surface area contributed by atoms with E-state index in [1.807, 2.05) is 58.1 Å². The fourth-order valence-corrected chi connectivity index (χ4v) is 10.7. The number of carbonyl (C=O) groups is 5. The maximum absolute atomic E-state index is 14.5. The van der Waals surface area contributed by atoms with E-state index in [-0.39, 0.29) is 66.8 Å². The van der Waals surface area contributed by atoms with E-state index < -0.39 is 71.8 Å². The molecule has 15 atom stereocenters. The summed E-state index contributed by atoms with van der Waals surface area (Å²) in [6.45, 7) is 13.2. The van der Waals surface area contributed by atoms with Crippen molar-refractivity contribution in [3.05, 3.63) is 47.6 Å².